The van der Waals surface area contributed by atoms with Crippen molar-refractivity contribution in [2.24, 2.45) is 0 Å². The highest BCUT2D eigenvalue weighted by molar-refractivity contribution is 7.89. The summed E-state index contributed by atoms with van der Waals surface area (Å²) >= 11 is 0. The first-order valence-electron chi connectivity index (χ1n) is 10.4. The Bertz CT molecular complexity index is 1040. The van der Waals surface area contributed by atoms with Gasteiger partial charge >= 0.3 is 0 Å². The van der Waals surface area contributed by atoms with Crippen LogP contribution in [0.15, 0.2) is 59.5 Å². The molecular formula is C23H29N3O4S. The molecule has 1 atom stereocenters. The Morgan fingerprint density at radius 3 is 2.35 bits per heavy atom. The molecule has 2 aromatic carbocycles. The molecule has 8 heteroatoms. The molecule has 0 aromatic heterocycles. The summed E-state index contributed by atoms with van der Waals surface area (Å²) in [6, 6.07) is 15.9. The average Bonchev–Trinajstić information content (AvgIpc) is 2.75. The molecule has 3 rings (SSSR count). The number of carbonyl (C=O) groups excluding carboxylic acids is 2. The van der Waals surface area contributed by atoms with Crippen LogP contribution in [0.2, 0.25) is 0 Å². The third-order valence-electron chi connectivity index (χ3n) is 5.58. The zero-order valence-corrected chi connectivity index (χ0v) is 19.0. The van der Waals surface area contributed by atoms with Gasteiger partial charge in [0.15, 0.2) is 0 Å². The van der Waals surface area contributed by atoms with E-state index in [-0.39, 0.29) is 29.8 Å². The molecule has 0 saturated carbocycles. The molecular weight excluding hydrogens is 414 g/mol. The number of piperazine rings is 1. The number of carbonyl (C=O) groups is 2. The van der Waals surface area contributed by atoms with Crippen LogP contribution in [0.4, 0.5) is 0 Å². The molecule has 0 spiro atoms. The summed E-state index contributed by atoms with van der Waals surface area (Å²) in [5.41, 5.74) is 0.554. The van der Waals surface area contributed by atoms with Crippen molar-refractivity contribution in [3.05, 3.63) is 65.7 Å². The maximum Gasteiger partial charge on any atom is 0.247 e. The molecule has 2 aromatic rings. The molecule has 1 aliphatic rings. The first-order chi connectivity index (χ1) is 14.7. The maximum atomic E-state index is 13.3. The number of nitrogens with zero attached hydrogens (tertiary/aromatic N) is 2. The fourth-order valence-corrected chi connectivity index (χ4v) is 5.26. The van der Waals surface area contributed by atoms with E-state index in [2.05, 4.69) is 5.32 Å². The smallest absolute Gasteiger partial charge is 0.247 e. The molecule has 1 fully saturated rings. The molecule has 1 saturated heterocycles. The minimum Gasteiger partial charge on any atom is -0.350 e. The number of hydrogen-bond acceptors (Lipinski definition) is 4. The van der Waals surface area contributed by atoms with Gasteiger partial charge in [0.25, 0.3) is 0 Å². The zero-order chi connectivity index (χ0) is 22.6. The van der Waals surface area contributed by atoms with E-state index in [4.69, 9.17) is 0 Å². The Balaban J connectivity index is 1.88. The molecule has 0 bridgehead atoms. The molecule has 166 valence electrons. The number of amides is 2. The van der Waals surface area contributed by atoms with Gasteiger partial charge in [-0.1, -0.05) is 55.0 Å². The lowest BCUT2D eigenvalue weighted by Gasteiger charge is -2.46. The third kappa shape index (κ3) is 4.80. The van der Waals surface area contributed by atoms with E-state index >= 15 is 0 Å². The van der Waals surface area contributed by atoms with Crippen molar-refractivity contribution >= 4 is 21.8 Å². The van der Waals surface area contributed by atoms with Gasteiger partial charge in [-0.2, -0.15) is 4.31 Å². The predicted octanol–water partition coefficient (Wildman–Crippen LogP) is 2.31. The van der Waals surface area contributed by atoms with E-state index < -0.39 is 15.6 Å². The third-order valence-corrected chi connectivity index (χ3v) is 7.39. The molecule has 0 radical (unpaired) electrons. The first-order valence-corrected chi connectivity index (χ1v) is 11.8. The van der Waals surface area contributed by atoms with E-state index in [0.717, 1.165) is 15.4 Å². The second kappa shape index (κ2) is 9.20. The summed E-state index contributed by atoms with van der Waals surface area (Å²) in [4.78, 5) is 27.8. The predicted molar refractivity (Wildman–Crippen MR) is 119 cm³/mol. The van der Waals surface area contributed by atoms with Crippen molar-refractivity contribution in [3.63, 3.8) is 0 Å². The Hall–Kier alpha value is -2.71. The number of rotatable bonds is 7. The van der Waals surface area contributed by atoms with Crippen LogP contribution in [0.3, 0.4) is 0 Å². The summed E-state index contributed by atoms with van der Waals surface area (Å²) in [5.74, 6) is -0.747. The number of sulfonamides is 1. The van der Waals surface area contributed by atoms with Gasteiger partial charge < -0.3 is 10.2 Å². The normalized spacial score (nSPS) is 20.0. The fraction of sp³-hybridized carbons (Fsp3) is 0.391. The lowest BCUT2D eigenvalue weighted by atomic mass is 9.95. The van der Waals surface area contributed by atoms with Gasteiger partial charge in [0.2, 0.25) is 21.8 Å². The standard InChI is InChI=1S/C23H29N3O4S/c1-4-14-26-21(27)16-25(31(29,30)20-12-10-18(2)11-13-20)17-23(26,3)22(28)24-15-19-8-6-5-7-9-19/h5-13H,4,14-17H2,1-3H3,(H,24,28). The fourth-order valence-electron chi connectivity index (χ4n) is 3.78. The largest absolute Gasteiger partial charge is 0.350 e. The van der Waals surface area contributed by atoms with Crippen LogP contribution < -0.4 is 5.32 Å². The van der Waals surface area contributed by atoms with Crippen molar-refractivity contribution in [3.8, 4) is 0 Å². The van der Waals surface area contributed by atoms with E-state index in [1.54, 1.807) is 19.1 Å². The molecule has 1 heterocycles. The number of aryl methyl sites for hydroxylation is 1. The summed E-state index contributed by atoms with van der Waals surface area (Å²) in [7, 11) is -3.92. The van der Waals surface area contributed by atoms with Gasteiger partial charge in [-0.3, -0.25) is 9.59 Å². The van der Waals surface area contributed by atoms with Crippen molar-refractivity contribution < 1.29 is 18.0 Å². The SMILES string of the molecule is CCCN1C(=O)CN(S(=O)(=O)c2ccc(C)cc2)CC1(C)C(=O)NCc1ccccc1. The minimum absolute atomic E-state index is 0.102. The quantitative estimate of drug-likeness (QED) is 0.712. The Labute approximate surface area is 184 Å². The van der Waals surface area contributed by atoms with E-state index in [9.17, 15) is 18.0 Å². The molecule has 31 heavy (non-hydrogen) atoms. The van der Waals surface area contributed by atoms with Crippen molar-refractivity contribution in [1.29, 1.82) is 0 Å². The number of benzene rings is 2. The van der Waals surface area contributed by atoms with Gasteiger partial charge in [-0.15, -0.1) is 0 Å². The van der Waals surface area contributed by atoms with Gasteiger partial charge in [-0.05, 0) is 38.0 Å². The molecule has 1 N–H and O–H groups in total. The monoisotopic (exact) mass is 443 g/mol. The Morgan fingerprint density at radius 2 is 1.74 bits per heavy atom. The van der Waals surface area contributed by atoms with Crippen molar-refractivity contribution in [2.75, 3.05) is 19.6 Å². The van der Waals surface area contributed by atoms with Crippen molar-refractivity contribution in [2.45, 2.75) is 44.2 Å². The summed E-state index contributed by atoms with van der Waals surface area (Å²) < 4.78 is 27.6. The highest BCUT2D eigenvalue weighted by Crippen LogP contribution is 2.28. The van der Waals surface area contributed by atoms with Crippen LogP contribution in [0.25, 0.3) is 0 Å². The lowest BCUT2D eigenvalue weighted by Crippen LogP contribution is -2.69. The Morgan fingerprint density at radius 1 is 1.10 bits per heavy atom. The van der Waals surface area contributed by atoms with Crippen LogP contribution in [0.1, 0.15) is 31.4 Å². The molecule has 0 aliphatic carbocycles. The molecule has 1 unspecified atom stereocenters. The summed E-state index contributed by atoms with van der Waals surface area (Å²) in [5, 5.41) is 2.88. The van der Waals surface area contributed by atoms with Crippen LogP contribution in [-0.2, 0) is 26.2 Å². The molecule has 2 amide bonds. The summed E-state index contributed by atoms with van der Waals surface area (Å²) in [6.07, 6.45) is 0.665. The van der Waals surface area contributed by atoms with Crippen LogP contribution in [0.5, 0.6) is 0 Å². The summed E-state index contributed by atoms with van der Waals surface area (Å²) in [6.45, 7) is 5.73. The maximum absolute atomic E-state index is 13.3. The second-order valence-electron chi connectivity index (χ2n) is 8.07. The van der Waals surface area contributed by atoms with Gasteiger partial charge in [0, 0.05) is 19.6 Å². The van der Waals surface area contributed by atoms with Gasteiger partial charge in [-0.25, -0.2) is 8.42 Å². The highest BCUT2D eigenvalue weighted by Gasteiger charge is 2.49. The zero-order valence-electron chi connectivity index (χ0n) is 18.2. The van der Waals surface area contributed by atoms with E-state index in [1.807, 2.05) is 44.2 Å². The van der Waals surface area contributed by atoms with Crippen LogP contribution in [-0.4, -0.2) is 54.6 Å². The van der Waals surface area contributed by atoms with Gasteiger partial charge in [0.1, 0.15) is 5.54 Å². The molecule has 1 aliphatic heterocycles. The van der Waals surface area contributed by atoms with Crippen molar-refractivity contribution in [1.82, 2.24) is 14.5 Å². The lowest BCUT2D eigenvalue weighted by molar-refractivity contribution is -0.152. The van der Waals surface area contributed by atoms with E-state index in [0.29, 0.717) is 19.5 Å². The Kier molecular flexibility index (Phi) is 6.81. The minimum atomic E-state index is -3.92. The van der Waals surface area contributed by atoms with Gasteiger partial charge in [0.05, 0.1) is 11.4 Å². The van der Waals surface area contributed by atoms with Crippen LogP contribution in [0, 0.1) is 6.92 Å². The highest BCUT2D eigenvalue weighted by atomic mass is 32.2. The van der Waals surface area contributed by atoms with E-state index in [1.165, 1.54) is 17.0 Å². The second-order valence-corrected chi connectivity index (χ2v) is 10.0. The number of nitrogens with one attached hydrogen (secondary N) is 1. The average molecular weight is 444 g/mol. The molecule has 7 nitrogen and oxygen atoms in total. The first kappa shape index (κ1) is 23.0. The topological polar surface area (TPSA) is 86.8 Å². The van der Waals surface area contributed by atoms with Crippen LogP contribution >= 0.6 is 0 Å². The number of hydrogen-bond donors (Lipinski definition) is 1.